The Balaban J connectivity index is 1.59. The molecule has 1 aliphatic heterocycles. The van der Waals surface area contributed by atoms with E-state index < -0.39 is 10.0 Å². The van der Waals surface area contributed by atoms with Crippen LogP contribution in [0.5, 0.6) is 5.75 Å². The number of nitrogens with zero attached hydrogens (tertiary/aromatic N) is 2. The summed E-state index contributed by atoms with van der Waals surface area (Å²) in [6.07, 6.45) is 3.39. The van der Waals surface area contributed by atoms with Crippen molar-refractivity contribution in [1.29, 1.82) is 0 Å². The third kappa shape index (κ3) is 4.29. The second kappa shape index (κ2) is 8.46. The average Bonchev–Trinajstić information content (AvgIpc) is 3.49. The van der Waals surface area contributed by atoms with Crippen LogP contribution in [0, 0.1) is 6.92 Å². The first kappa shape index (κ1) is 21.0. The van der Waals surface area contributed by atoms with Crippen LogP contribution < -0.4 is 9.46 Å². The molecule has 0 aliphatic carbocycles. The smallest absolute Gasteiger partial charge is 0.265 e. The molecule has 0 spiro atoms. The highest BCUT2D eigenvalue weighted by atomic mass is 32.2. The van der Waals surface area contributed by atoms with Gasteiger partial charge in [0.25, 0.3) is 15.9 Å². The summed E-state index contributed by atoms with van der Waals surface area (Å²) in [5, 5.41) is 6.74. The number of likely N-dealkylation sites (tertiary alicyclic amines) is 1. The number of H-pyrrole nitrogens is 1. The summed E-state index contributed by atoms with van der Waals surface area (Å²) in [7, 11) is -3.90. The van der Waals surface area contributed by atoms with E-state index in [0.29, 0.717) is 42.4 Å². The van der Waals surface area contributed by atoms with Crippen LogP contribution in [0.25, 0.3) is 11.5 Å². The Morgan fingerprint density at radius 3 is 2.65 bits per heavy atom. The van der Waals surface area contributed by atoms with Gasteiger partial charge in [-0.1, -0.05) is 0 Å². The van der Waals surface area contributed by atoms with E-state index in [1.165, 1.54) is 12.3 Å². The standard InChI is InChI=1S/C21H24N4O5S/c1-3-29-16-8-6-15(7-9-16)24-31(27,28)19-12-18(30-14(19)2)20-17(13-22-23-20)21(26)25-10-4-5-11-25/h6-9,12-13,24H,3-5,10-11H2,1-2H3,(H,22,23). The van der Waals surface area contributed by atoms with Gasteiger partial charge in [-0.3, -0.25) is 14.6 Å². The van der Waals surface area contributed by atoms with E-state index >= 15 is 0 Å². The van der Waals surface area contributed by atoms with Crippen molar-refractivity contribution in [2.45, 2.75) is 31.6 Å². The van der Waals surface area contributed by atoms with Crippen molar-refractivity contribution in [3.8, 4) is 17.2 Å². The van der Waals surface area contributed by atoms with Crippen molar-refractivity contribution in [1.82, 2.24) is 15.1 Å². The number of hydrogen-bond acceptors (Lipinski definition) is 6. The van der Waals surface area contributed by atoms with Gasteiger partial charge in [-0.2, -0.15) is 5.10 Å². The van der Waals surface area contributed by atoms with Crippen molar-refractivity contribution in [3.63, 3.8) is 0 Å². The zero-order chi connectivity index (χ0) is 22.0. The molecule has 0 saturated carbocycles. The van der Waals surface area contributed by atoms with Crippen LogP contribution in [0.4, 0.5) is 5.69 Å². The minimum atomic E-state index is -3.90. The number of sulfonamides is 1. The fourth-order valence-electron chi connectivity index (χ4n) is 3.58. The van der Waals surface area contributed by atoms with Gasteiger partial charge in [0.1, 0.15) is 22.1 Å². The summed E-state index contributed by atoms with van der Waals surface area (Å²) in [6, 6.07) is 8.04. The van der Waals surface area contributed by atoms with E-state index in [1.807, 2.05) is 6.92 Å². The van der Waals surface area contributed by atoms with Gasteiger partial charge in [-0.25, -0.2) is 8.42 Å². The number of carbonyl (C=O) groups excluding carboxylic acids is 1. The predicted molar refractivity (Wildman–Crippen MR) is 115 cm³/mol. The second-order valence-electron chi connectivity index (χ2n) is 7.25. The molecule has 0 unspecified atom stereocenters. The molecule has 10 heteroatoms. The molecule has 4 rings (SSSR count). The third-order valence-corrected chi connectivity index (χ3v) is 6.58. The molecule has 0 bridgehead atoms. The number of aromatic nitrogens is 2. The Morgan fingerprint density at radius 2 is 1.97 bits per heavy atom. The number of aromatic amines is 1. The fraction of sp³-hybridized carbons (Fsp3) is 0.333. The molecule has 1 aliphatic rings. The van der Waals surface area contributed by atoms with Gasteiger partial charge in [-0.15, -0.1) is 0 Å². The maximum Gasteiger partial charge on any atom is 0.265 e. The molecule has 0 radical (unpaired) electrons. The van der Waals surface area contributed by atoms with Crippen molar-refractivity contribution in [2.75, 3.05) is 24.4 Å². The van der Waals surface area contributed by atoms with Crippen molar-refractivity contribution < 1.29 is 22.4 Å². The van der Waals surface area contributed by atoms with Crippen LogP contribution in [0.15, 0.2) is 45.8 Å². The first-order valence-corrected chi connectivity index (χ1v) is 11.6. The highest BCUT2D eigenvalue weighted by Crippen LogP contribution is 2.31. The molecule has 9 nitrogen and oxygen atoms in total. The molecular formula is C21H24N4O5S. The van der Waals surface area contributed by atoms with Gasteiger partial charge in [0.05, 0.1) is 18.4 Å². The quantitative estimate of drug-likeness (QED) is 0.577. The fourth-order valence-corrected chi connectivity index (χ4v) is 4.82. The van der Waals surface area contributed by atoms with Gasteiger partial charge in [-0.05, 0) is 51.0 Å². The van der Waals surface area contributed by atoms with Crippen LogP contribution in [0.3, 0.4) is 0 Å². The maximum absolute atomic E-state index is 12.9. The maximum atomic E-state index is 12.9. The lowest BCUT2D eigenvalue weighted by Gasteiger charge is -2.14. The van der Waals surface area contributed by atoms with E-state index in [0.717, 1.165) is 12.8 Å². The Kier molecular flexibility index (Phi) is 5.73. The summed E-state index contributed by atoms with van der Waals surface area (Å²) in [6.45, 7) is 5.37. The third-order valence-electron chi connectivity index (χ3n) is 5.09. The number of rotatable bonds is 7. The molecule has 1 aromatic carbocycles. The predicted octanol–water partition coefficient (Wildman–Crippen LogP) is 3.41. The van der Waals surface area contributed by atoms with E-state index in [9.17, 15) is 13.2 Å². The Morgan fingerprint density at radius 1 is 1.26 bits per heavy atom. The van der Waals surface area contributed by atoms with E-state index in [2.05, 4.69) is 14.9 Å². The largest absolute Gasteiger partial charge is 0.494 e. The van der Waals surface area contributed by atoms with Crippen LogP contribution in [0.1, 0.15) is 35.9 Å². The minimum absolute atomic E-state index is 0.00874. The van der Waals surface area contributed by atoms with Gasteiger partial charge in [0.2, 0.25) is 0 Å². The molecule has 3 aromatic rings. The average molecular weight is 445 g/mol. The summed E-state index contributed by atoms with van der Waals surface area (Å²) in [5.74, 6) is 0.959. The van der Waals surface area contributed by atoms with Gasteiger partial charge >= 0.3 is 0 Å². The number of aryl methyl sites for hydroxylation is 1. The molecule has 31 heavy (non-hydrogen) atoms. The summed E-state index contributed by atoms with van der Waals surface area (Å²) in [5.41, 5.74) is 1.12. The van der Waals surface area contributed by atoms with E-state index in [-0.39, 0.29) is 22.3 Å². The molecule has 3 heterocycles. The van der Waals surface area contributed by atoms with Gasteiger partial charge < -0.3 is 14.1 Å². The van der Waals surface area contributed by atoms with Crippen LogP contribution >= 0.6 is 0 Å². The highest BCUT2D eigenvalue weighted by molar-refractivity contribution is 7.92. The van der Waals surface area contributed by atoms with Crippen molar-refractivity contribution in [2.24, 2.45) is 0 Å². The number of benzene rings is 1. The minimum Gasteiger partial charge on any atom is -0.494 e. The Bertz CT molecular complexity index is 1170. The van der Waals surface area contributed by atoms with Crippen molar-refractivity contribution in [3.05, 3.63) is 47.9 Å². The zero-order valence-corrected chi connectivity index (χ0v) is 18.2. The first-order chi connectivity index (χ1) is 14.9. The topological polar surface area (TPSA) is 118 Å². The molecule has 0 atom stereocenters. The Labute approximate surface area is 180 Å². The molecule has 164 valence electrons. The zero-order valence-electron chi connectivity index (χ0n) is 17.3. The number of nitrogens with one attached hydrogen (secondary N) is 2. The molecule has 1 amide bonds. The van der Waals surface area contributed by atoms with E-state index in [1.54, 1.807) is 36.1 Å². The summed E-state index contributed by atoms with van der Waals surface area (Å²) < 4.78 is 39.5. The van der Waals surface area contributed by atoms with Gasteiger partial charge in [0.15, 0.2) is 5.76 Å². The molecule has 2 aromatic heterocycles. The van der Waals surface area contributed by atoms with Crippen molar-refractivity contribution >= 4 is 21.6 Å². The Hall–Kier alpha value is -3.27. The van der Waals surface area contributed by atoms with Gasteiger partial charge in [0, 0.05) is 24.8 Å². The van der Waals surface area contributed by atoms with Crippen LogP contribution in [0.2, 0.25) is 0 Å². The van der Waals surface area contributed by atoms with E-state index in [4.69, 9.17) is 9.15 Å². The number of ether oxygens (including phenoxy) is 1. The summed E-state index contributed by atoms with van der Waals surface area (Å²) in [4.78, 5) is 14.5. The monoisotopic (exact) mass is 444 g/mol. The number of amides is 1. The lowest BCUT2D eigenvalue weighted by molar-refractivity contribution is 0.0793. The SMILES string of the molecule is CCOc1ccc(NS(=O)(=O)c2cc(-c3[nH]ncc3C(=O)N3CCCC3)oc2C)cc1. The number of furan rings is 1. The lowest BCUT2D eigenvalue weighted by atomic mass is 10.2. The second-order valence-corrected chi connectivity index (χ2v) is 8.90. The lowest BCUT2D eigenvalue weighted by Crippen LogP contribution is -2.27. The number of hydrogen-bond donors (Lipinski definition) is 2. The van der Waals surface area contributed by atoms with Crippen LogP contribution in [-0.2, 0) is 10.0 Å². The first-order valence-electron chi connectivity index (χ1n) is 10.1. The highest BCUT2D eigenvalue weighted by Gasteiger charge is 2.28. The number of anilines is 1. The molecule has 2 N–H and O–H groups in total. The molecule has 1 saturated heterocycles. The molecular weight excluding hydrogens is 420 g/mol. The number of carbonyl (C=O) groups is 1. The van der Waals surface area contributed by atoms with Crippen LogP contribution in [-0.4, -0.2) is 49.1 Å². The molecule has 1 fully saturated rings. The normalized spacial score (nSPS) is 14.1. The summed E-state index contributed by atoms with van der Waals surface area (Å²) >= 11 is 0.